The Morgan fingerprint density at radius 1 is 1.03 bits per heavy atom. The van der Waals surface area contributed by atoms with Crippen LogP contribution in [0, 0.1) is 0 Å². The number of amides is 2. The number of aromatic nitrogens is 6. The van der Waals surface area contributed by atoms with E-state index in [4.69, 9.17) is 49.7 Å². The number of anilines is 2. The van der Waals surface area contributed by atoms with Gasteiger partial charge in [-0.3, -0.25) is 22.7 Å². The maximum absolute atomic E-state index is 14.3. The van der Waals surface area contributed by atoms with Crippen LogP contribution < -0.4 is 27.8 Å². The van der Waals surface area contributed by atoms with E-state index in [9.17, 15) is 48.1 Å². The number of hydrogen-bond acceptors (Lipinski definition) is 24. The number of nitrogens with one attached hydrogen (secondary N) is 2. The number of aliphatic hydroxyl groups is 1. The Morgan fingerprint density at radius 2 is 1.77 bits per heavy atom. The van der Waals surface area contributed by atoms with Crippen molar-refractivity contribution in [2.45, 2.75) is 107 Å². The first-order chi connectivity index (χ1) is 34.9. The van der Waals surface area contributed by atoms with E-state index in [1.165, 1.54) is 44.7 Å². The van der Waals surface area contributed by atoms with Crippen LogP contribution in [-0.4, -0.2) is 140 Å². The van der Waals surface area contributed by atoms with E-state index in [2.05, 4.69) is 45.1 Å². The topological polar surface area (TPSA) is 443 Å². The Kier molecular flexibility index (Phi) is 19.7. The molecule has 2 fully saturated rings. The van der Waals surface area contributed by atoms with Gasteiger partial charge in [-0.1, -0.05) is 51.0 Å². The van der Waals surface area contributed by atoms with Crippen molar-refractivity contribution in [3.8, 4) is 0 Å². The minimum absolute atomic E-state index is 0.0191. The highest BCUT2D eigenvalue weighted by atomic mass is 33.1. The van der Waals surface area contributed by atoms with E-state index in [1.54, 1.807) is 51.3 Å². The van der Waals surface area contributed by atoms with Crippen LogP contribution in [0.5, 0.6) is 0 Å². The molecule has 1 aromatic carbocycles. The molecule has 4 aromatic rings. The van der Waals surface area contributed by atoms with Crippen LogP contribution in [0.3, 0.4) is 0 Å². The predicted octanol–water partition coefficient (Wildman–Crippen LogP) is 3.24. The van der Waals surface area contributed by atoms with E-state index >= 15 is 0 Å². The highest BCUT2D eigenvalue weighted by molar-refractivity contribution is 8.76. The molecule has 5 unspecified atom stereocenters. The van der Waals surface area contributed by atoms with E-state index in [0.29, 0.717) is 5.56 Å². The molecule has 0 radical (unpaired) electrons. The SMILES string of the molecule is CSS[C@H](CC[C@@H](NC(=O)OC(C)(C)C)C(=O)OC1C(COP(=O)(O)O[C@H]2C[C@H](n3ccc(N)nc3=O)O[C@@H]2COP(=O)(O)O)OC(n2cnc3c(N)ncnc32)C1O)CNC(=O)OCc1ccccc1N=[N+]=[N-]. The van der Waals surface area contributed by atoms with Gasteiger partial charge in [0.15, 0.2) is 23.8 Å². The van der Waals surface area contributed by atoms with Crippen LogP contribution in [-0.2, 0) is 57.8 Å². The van der Waals surface area contributed by atoms with Crippen molar-refractivity contribution >= 4 is 83.9 Å². The number of nitrogens with zero attached hydrogens (tertiary/aromatic N) is 9. The fraction of sp³-hybridized carbons (Fsp3) is 0.538. The lowest BCUT2D eigenvalue weighted by Gasteiger charge is -2.27. The third-order valence-corrected chi connectivity index (χ3v) is 14.4. The fourth-order valence-corrected chi connectivity index (χ4v) is 10.6. The number of carbonyl (C=O) groups excluding carboxylic acids is 3. The summed E-state index contributed by atoms with van der Waals surface area (Å²) in [6.07, 6.45) is -7.85. The second kappa shape index (κ2) is 25.3. The van der Waals surface area contributed by atoms with Crippen LogP contribution in [0.2, 0.25) is 0 Å². The molecule has 10 N–H and O–H groups in total. The van der Waals surface area contributed by atoms with Crippen LogP contribution in [0.4, 0.5) is 26.9 Å². The smallest absolute Gasteiger partial charge is 0.455 e. The number of aliphatic hydroxyl groups excluding tert-OH is 1. The molecule has 2 saturated heterocycles. The number of phosphoric acid groups is 2. The average Bonchev–Trinajstić information content (AvgIpc) is 4.02. The van der Waals surface area contributed by atoms with Gasteiger partial charge in [0.05, 0.1) is 19.5 Å². The third kappa shape index (κ3) is 16.2. The lowest BCUT2D eigenvalue weighted by Crippen LogP contribution is -2.48. The fourth-order valence-electron chi connectivity index (χ4n) is 7.36. The number of fused-ring (bicyclic) bond motifs is 1. The average molecular weight is 1120 g/mol. The molecule has 0 saturated carbocycles. The Hall–Kier alpha value is -5.63. The number of phosphoric ester groups is 2. The van der Waals surface area contributed by atoms with Crippen molar-refractivity contribution < 1.29 is 80.6 Å². The zero-order valence-corrected chi connectivity index (χ0v) is 43.1. The largest absolute Gasteiger partial charge is 0.472 e. The lowest BCUT2D eigenvalue weighted by atomic mass is 10.1. The van der Waals surface area contributed by atoms with E-state index in [-0.39, 0.29) is 60.9 Å². The van der Waals surface area contributed by atoms with Gasteiger partial charge < -0.3 is 65.6 Å². The summed E-state index contributed by atoms with van der Waals surface area (Å²) in [7, 11) is -7.74. The highest BCUT2D eigenvalue weighted by Crippen LogP contribution is 2.50. The van der Waals surface area contributed by atoms with Gasteiger partial charge in [-0.15, -0.1) is 0 Å². The van der Waals surface area contributed by atoms with E-state index in [0.717, 1.165) is 10.9 Å². The molecular weight excluding hydrogens is 1060 g/mol. The zero-order chi connectivity index (χ0) is 54.0. The lowest BCUT2D eigenvalue weighted by molar-refractivity contribution is -0.159. The monoisotopic (exact) mass is 1120 g/mol. The molecule has 2 aliphatic rings. The van der Waals surface area contributed by atoms with Gasteiger partial charge in [0, 0.05) is 35.0 Å². The maximum atomic E-state index is 14.3. The summed E-state index contributed by atoms with van der Waals surface area (Å²) in [5.74, 6) is -1.29. The maximum Gasteiger partial charge on any atom is 0.472 e. The molecule has 74 heavy (non-hydrogen) atoms. The number of nitrogen functional groups attached to an aromatic ring is 2. The molecule has 6 rings (SSSR count). The molecule has 31 nitrogen and oxygen atoms in total. The first kappa shape index (κ1) is 57.6. The van der Waals surface area contributed by atoms with Gasteiger partial charge in [0.25, 0.3) is 0 Å². The van der Waals surface area contributed by atoms with Gasteiger partial charge in [-0.05, 0) is 57.0 Å². The molecule has 0 aliphatic carbocycles. The Labute approximate surface area is 427 Å². The summed E-state index contributed by atoms with van der Waals surface area (Å²) in [5, 5.41) is 20.2. The second-order valence-electron chi connectivity index (χ2n) is 17.1. The molecule has 35 heteroatoms. The molecule has 5 heterocycles. The number of rotatable bonds is 23. The molecule has 2 aliphatic heterocycles. The Bertz CT molecular complexity index is 2830. The summed E-state index contributed by atoms with van der Waals surface area (Å²) in [5.41, 5.74) is 19.5. The number of imidazole rings is 1. The van der Waals surface area contributed by atoms with Gasteiger partial charge in [0.2, 0.25) is 0 Å². The number of benzene rings is 1. The van der Waals surface area contributed by atoms with Crippen LogP contribution in [0.15, 0.2) is 59.1 Å². The molecular formula is C39H53N13O18P2S2. The van der Waals surface area contributed by atoms with Crippen molar-refractivity contribution in [2.75, 3.05) is 37.5 Å². The van der Waals surface area contributed by atoms with Gasteiger partial charge in [0.1, 0.15) is 66.6 Å². The first-order valence-corrected chi connectivity index (χ1v) is 27.6. The standard InChI is InChI=1S/C39H53N13O18P2S2/c1-39(2,3)69-38(57)47-23(10-9-21(74-73-4)14-43-37(56)63-15-20-7-5-6-8-22(20)49-50-42)35(54)68-31-26(67-34(30(31)53)52-19-46-29-32(41)44-18-45-33(29)52)17-65-72(61,62)70-24-13-28(51-12-11-27(40)48-36(51)55)66-25(24)16-64-71(58,59)60/h5-8,11-12,18-19,21,23-26,28,30-31,34,53H,9-10,13-17H2,1-4H3,(H,43,56)(H,47,57)(H,61,62)(H2,40,48,55)(H2,41,44,45)(H2,58,59,60)/t21-,23-,24+,25-,26?,28-,30?,31?,34?/m1/s1. The quantitative estimate of drug-likeness (QED) is 0.0100. The molecule has 404 valence electrons. The predicted molar refractivity (Wildman–Crippen MR) is 260 cm³/mol. The molecule has 0 spiro atoms. The number of hydrogen-bond donors (Lipinski definition) is 8. The number of alkyl carbamates (subject to hydrolysis) is 2. The summed E-state index contributed by atoms with van der Waals surface area (Å²) in [4.78, 5) is 101. The van der Waals surface area contributed by atoms with Crippen LogP contribution >= 0.6 is 37.2 Å². The molecule has 2 amide bonds. The van der Waals surface area contributed by atoms with Crippen molar-refractivity contribution in [3.63, 3.8) is 0 Å². The number of nitrogens with two attached hydrogens (primary N) is 2. The zero-order valence-electron chi connectivity index (χ0n) is 39.7. The summed E-state index contributed by atoms with van der Waals surface area (Å²) >= 11 is 0. The Morgan fingerprint density at radius 3 is 2.47 bits per heavy atom. The van der Waals surface area contributed by atoms with Crippen molar-refractivity contribution in [2.24, 2.45) is 5.11 Å². The normalized spacial score (nSPS) is 22.5. The highest BCUT2D eigenvalue weighted by Gasteiger charge is 2.50. The van der Waals surface area contributed by atoms with Crippen molar-refractivity contribution in [1.82, 2.24) is 39.7 Å². The number of ether oxygens (including phenoxy) is 5. The van der Waals surface area contributed by atoms with Gasteiger partial charge >= 0.3 is 39.5 Å². The molecule has 10 atom stereocenters. The minimum atomic E-state index is -5.31. The van der Waals surface area contributed by atoms with Crippen molar-refractivity contribution in [1.29, 1.82) is 0 Å². The summed E-state index contributed by atoms with van der Waals surface area (Å²) in [6.45, 7) is 2.75. The van der Waals surface area contributed by atoms with Crippen LogP contribution in [0.1, 0.15) is 58.1 Å². The number of esters is 1. The summed E-state index contributed by atoms with van der Waals surface area (Å²) < 4.78 is 71.4. The summed E-state index contributed by atoms with van der Waals surface area (Å²) in [6, 6.07) is 6.29. The van der Waals surface area contributed by atoms with Gasteiger partial charge in [-0.25, -0.2) is 43.3 Å². The molecule has 3 aromatic heterocycles. The van der Waals surface area contributed by atoms with Crippen LogP contribution in [0.25, 0.3) is 21.6 Å². The van der Waals surface area contributed by atoms with E-state index < -0.39 is 113 Å². The van der Waals surface area contributed by atoms with Crippen molar-refractivity contribution in [3.05, 3.63) is 75.7 Å². The third-order valence-electron chi connectivity index (χ3n) is 10.6. The Balaban J connectivity index is 1.20. The number of carbonyl (C=O) groups is 3. The number of azide groups is 1. The minimum Gasteiger partial charge on any atom is -0.455 e. The molecule has 0 bridgehead atoms. The van der Waals surface area contributed by atoms with Gasteiger partial charge in [-0.2, -0.15) is 4.98 Å². The van der Waals surface area contributed by atoms with E-state index in [1.807, 2.05) is 0 Å². The first-order valence-electron chi connectivity index (χ1n) is 22.0. The second-order valence-corrected chi connectivity index (χ2v) is 22.5.